The molecule has 2 N–H and O–H groups in total. The highest BCUT2D eigenvalue weighted by Gasteiger charge is 2.14. The Balaban J connectivity index is 1.80. The van der Waals surface area contributed by atoms with Crippen LogP contribution < -0.4 is 15.7 Å². The molecular weight excluding hydrogens is 380 g/mol. The van der Waals surface area contributed by atoms with E-state index in [9.17, 15) is 19.5 Å². The fraction of sp³-hybridized carbons (Fsp3) is 0. The second-order valence-corrected chi connectivity index (χ2v) is 6.27. The van der Waals surface area contributed by atoms with Crippen molar-refractivity contribution in [3.05, 3.63) is 94.5 Å². The molecule has 7 heteroatoms. The van der Waals surface area contributed by atoms with Gasteiger partial charge in [0.1, 0.15) is 0 Å². The van der Waals surface area contributed by atoms with Crippen LogP contribution in [0.25, 0.3) is 0 Å². The van der Waals surface area contributed by atoms with Gasteiger partial charge in [-0.1, -0.05) is 35.9 Å². The first-order chi connectivity index (χ1) is 13.4. The molecule has 0 unspecified atom stereocenters. The number of benzene rings is 3. The summed E-state index contributed by atoms with van der Waals surface area (Å²) in [7, 11) is 0. The number of nitrogens with one attached hydrogen (secondary N) is 2. The predicted molar refractivity (Wildman–Crippen MR) is 105 cm³/mol. The zero-order valence-corrected chi connectivity index (χ0v) is 15.2. The van der Waals surface area contributed by atoms with E-state index in [2.05, 4.69) is 10.6 Å². The van der Waals surface area contributed by atoms with Gasteiger partial charge in [-0.05, 0) is 54.1 Å². The summed E-state index contributed by atoms with van der Waals surface area (Å²) in [4.78, 5) is 36.0. The maximum absolute atomic E-state index is 12.6. The van der Waals surface area contributed by atoms with Crippen LogP contribution in [0.15, 0.2) is 72.8 Å². The average molecular weight is 394 g/mol. The second kappa shape index (κ2) is 8.37. The number of para-hydroxylation sites is 1. The summed E-state index contributed by atoms with van der Waals surface area (Å²) in [5, 5.41) is 16.8. The van der Waals surface area contributed by atoms with Gasteiger partial charge in [0.05, 0.1) is 17.2 Å². The first-order valence-electron chi connectivity index (χ1n) is 8.23. The van der Waals surface area contributed by atoms with E-state index in [1.165, 1.54) is 18.2 Å². The molecule has 0 aliphatic rings. The van der Waals surface area contributed by atoms with E-state index in [1.807, 2.05) is 0 Å². The van der Waals surface area contributed by atoms with Crippen molar-refractivity contribution in [2.45, 2.75) is 0 Å². The summed E-state index contributed by atoms with van der Waals surface area (Å²) in [6, 6.07) is 18.5. The number of carbonyl (C=O) groups excluding carboxylic acids is 3. The molecule has 28 heavy (non-hydrogen) atoms. The van der Waals surface area contributed by atoms with Crippen molar-refractivity contribution in [3.63, 3.8) is 0 Å². The largest absolute Gasteiger partial charge is 0.545 e. The molecule has 3 aromatic carbocycles. The molecule has 0 aromatic heterocycles. The van der Waals surface area contributed by atoms with Crippen molar-refractivity contribution < 1.29 is 19.5 Å². The number of carboxylic acid groups (broad SMARTS) is 1. The maximum Gasteiger partial charge on any atom is 0.257 e. The Hall–Kier alpha value is -3.64. The highest BCUT2D eigenvalue weighted by Crippen LogP contribution is 2.19. The van der Waals surface area contributed by atoms with E-state index >= 15 is 0 Å². The zero-order chi connectivity index (χ0) is 20.1. The lowest BCUT2D eigenvalue weighted by Crippen LogP contribution is -2.22. The van der Waals surface area contributed by atoms with Crippen LogP contribution in [0.5, 0.6) is 0 Å². The molecule has 0 aliphatic carbocycles. The Morgan fingerprint density at radius 3 is 2.18 bits per heavy atom. The van der Waals surface area contributed by atoms with Gasteiger partial charge in [-0.3, -0.25) is 9.59 Å². The van der Waals surface area contributed by atoms with Crippen LogP contribution in [-0.2, 0) is 0 Å². The predicted octanol–water partition coefficient (Wildman–Crippen LogP) is 3.21. The maximum atomic E-state index is 12.6. The topological polar surface area (TPSA) is 98.3 Å². The van der Waals surface area contributed by atoms with E-state index in [0.29, 0.717) is 22.0 Å². The van der Waals surface area contributed by atoms with Crippen molar-refractivity contribution in [2.75, 3.05) is 10.6 Å². The van der Waals surface area contributed by atoms with Crippen molar-refractivity contribution in [2.24, 2.45) is 0 Å². The molecule has 140 valence electrons. The van der Waals surface area contributed by atoms with E-state index in [1.54, 1.807) is 54.6 Å². The SMILES string of the molecule is O=C([O-])c1cccc(NC(=O)c2ccccc2NC(=O)c2ccc(Cl)cc2)c1. The van der Waals surface area contributed by atoms with Gasteiger partial charge in [0, 0.05) is 16.3 Å². The van der Waals surface area contributed by atoms with Crippen molar-refractivity contribution in [1.29, 1.82) is 0 Å². The lowest BCUT2D eigenvalue weighted by atomic mass is 10.1. The molecule has 0 spiro atoms. The number of amides is 2. The zero-order valence-electron chi connectivity index (χ0n) is 14.4. The van der Waals surface area contributed by atoms with Crippen LogP contribution >= 0.6 is 11.6 Å². The molecule has 3 rings (SSSR count). The number of carbonyl (C=O) groups is 3. The first-order valence-corrected chi connectivity index (χ1v) is 8.60. The Bertz CT molecular complexity index is 1050. The van der Waals surface area contributed by atoms with Gasteiger partial charge in [0.25, 0.3) is 11.8 Å². The third-order valence-electron chi connectivity index (χ3n) is 3.88. The minimum Gasteiger partial charge on any atom is -0.545 e. The number of rotatable bonds is 5. The molecule has 0 saturated carbocycles. The standard InChI is InChI=1S/C21H15ClN2O4/c22-15-10-8-13(9-11-15)19(25)24-18-7-2-1-6-17(18)20(26)23-16-5-3-4-14(12-16)21(27)28/h1-12H,(H,23,26)(H,24,25)(H,27,28)/p-1. The van der Waals surface area contributed by atoms with Crippen molar-refractivity contribution in [3.8, 4) is 0 Å². The molecule has 6 nitrogen and oxygen atoms in total. The molecule has 0 radical (unpaired) electrons. The van der Waals surface area contributed by atoms with Crippen LogP contribution in [0.1, 0.15) is 31.1 Å². The summed E-state index contributed by atoms with van der Waals surface area (Å²) >= 11 is 5.83. The summed E-state index contributed by atoms with van der Waals surface area (Å²) in [6.07, 6.45) is 0. The van der Waals surface area contributed by atoms with Gasteiger partial charge in [0.15, 0.2) is 0 Å². The first kappa shape index (κ1) is 19.1. The fourth-order valence-electron chi connectivity index (χ4n) is 2.51. The molecule has 0 fully saturated rings. The third kappa shape index (κ3) is 4.55. The molecule has 0 saturated heterocycles. The average Bonchev–Trinajstić information content (AvgIpc) is 2.69. The van der Waals surface area contributed by atoms with Crippen LogP contribution in [0.3, 0.4) is 0 Å². The van der Waals surface area contributed by atoms with Crippen LogP contribution in [0, 0.1) is 0 Å². The highest BCUT2D eigenvalue weighted by atomic mass is 35.5. The van der Waals surface area contributed by atoms with Crippen molar-refractivity contribution >= 4 is 40.8 Å². The Labute approximate surface area is 165 Å². The van der Waals surface area contributed by atoms with Gasteiger partial charge in [0.2, 0.25) is 0 Å². The van der Waals surface area contributed by atoms with E-state index in [0.717, 1.165) is 0 Å². The molecule has 0 bridgehead atoms. The normalized spacial score (nSPS) is 10.2. The van der Waals surface area contributed by atoms with Crippen molar-refractivity contribution in [1.82, 2.24) is 0 Å². The Morgan fingerprint density at radius 2 is 1.46 bits per heavy atom. The number of halogens is 1. The number of aromatic carboxylic acids is 1. The quantitative estimate of drug-likeness (QED) is 0.695. The Kier molecular flexibility index (Phi) is 5.72. The summed E-state index contributed by atoms with van der Waals surface area (Å²) < 4.78 is 0. The lowest BCUT2D eigenvalue weighted by Gasteiger charge is -2.12. The molecule has 2 amide bonds. The van der Waals surface area contributed by atoms with Gasteiger partial charge >= 0.3 is 0 Å². The van der Waals surface area contributed by atoms with Gasteiger partial charge in [-0.25, -0.2) is 0 Å². The minimum absolute atomic E-state index is 0.0536. The highest BCUT2D eigenvalue weighted by molar-refractivity contribution is 6.30. The summed E-state index contributed by atoms with van der Waals surface area (Å²) in [6.45, 7) is 0. The summed E-state index contributed by atoms with van der Waals surface area (Å²) in [5.74, 6) is -2.23. The van der Waals surface area contributed by atoms with E-state index in [4.69, 9.17) is 11.6 Å². The third-order valence-corrected chi connectivity index (χ3v) is 4.13. The van der Waals surface area contributed by atoms with Gasteiger partial charge < -0.3 is 20.5 Å². The lowest BCUT2D eigenvalue weighted by molar-refractivity contribution is -0.255. The van der Waals surface area contributed by atoms with E-state index < -0.39 is 17.8 Å². The smallest absolute Gasteiger partial charge is 0.257 e. The van der Waals surface area contributed by atoms with E-state index in [-0.39, 0.29) is 11.1 Å². The number of carboxylic acids is 1. The van der Waals surface area contributed by atoms with Crippen LogP contribution in [-0.4, -0.2) is 17.8 Å². The number of anilines is 2. The van der Waals surface area contributed by atoms with Crippen LogP contribution in [0.4, 0.5) is 11.4 Å². The van der Waals surface area contributed by atoms with Gasteiger partial charge in [-0.15, -0.1) is 0 Å². The number of hydrogen-bond donors (Lipinski definition) is 2. The monoisotopic (exact) mass is 393 g/mol. The minimum atomic E-state index is -1.34. The summed E-state index contributed by atoms with van der Waals surface area (Å²) in [5.41, 5.74) is 1.17. The second-order valence-electron chi connectivity index (χ2n) is 5.83. The molecule has 0 aliphatic heterocycles. The fourth-order valence-corrected chi connectivity index (χ4v) is 2.63. The van der Waals surface area contributed by atoms with Crippen LogP contribution in [0.2, 0.25) is 5.02 Å². The molecule has 0 atom stereocenters. The van der Waals surface area contributed by atoms with Gasteiger partial charge in [-0.2, -0.15) is 0 Å². The molecule has 0 heterocycles. The Morgan fingerprint density at radius 1 is 0.750 bits per heavy atom. The molecule has 3 aromatic rings. The number of hydrogen-bond acceptors (Lipinski definition) is 4. The molecular formula is C21H14ClN2O4-.